The SMILES string of the molecule is CCCCC(CC)Cn1c2ccc(/C(=N\OC(C)=O)c3ccc(OCC4COC(C)(C)O4)cc3)cc2c2cc(C(=O)c3c(C)cc(C)cc3C)c3ccccc3c21. The van der Waals surface area contributed by atoms with Gasteiger partial charge in [-0.2, -0.15) is 0 Å². The number of unbranched alkanes of at least 4 members (excludes halogenated alkanes) is 1. The standard InChI is InChI=1S/C49H54N2O6/c1-9-11-14-34(10-2)27-51-44-22-19-36(46(50-57-33(6)52)35-17-20-37(21-18-35)54-28-38-29-55-49(7,8)56-38)25-41(44)42-26-43(39-15-12-13-16-40(39)47(42)51)48(53)45-31(4)23-30(3)24-32(45)5/h12-13,15-26,34,38H,9-11,14,27-29H2,1-8H3/b50-46-. The van der Waals surface area contributed by atoms with Gasteiger partial charge in [0.15, 0.2) is 11.6 Å². The lowest BCUT2D eigenvalue weighted by Crippen LogP contribution is -2.25. The zero-order valence-corrected chi connectivity index (χ0v) is 34.5. The van der Waals surface area contributed by atoms with Gasteiger partial charge in [0, 0.05) is 57.4 Å². The van der Waals surface area contributed by atoms with E-state index in [1.54, 1.807) is 0 Å². The van der Waals surface area contributed by atoms with Gasteiger partial charge in [0.05, 0.1) is 12.1 Å². The second-order valence-electron chi connectivity index (χ2n) is 16.0. The van der Waals surface area contributed by atoms with Crippen molar-refractivity contribution in [2.24, 2.45) is 11.1 Å². The van der Waals surface area contributed by atoms with Crippen molar-refractivity contribution >= 4 is 50.0 Å². The number of aromatic nitrogens is 1. The second kappa shape index (κ2) is 16.7. The molecule has 0 amide bonds. The van der Waals surface area contributed by atoms with Gasteiger partial charge < -0.3 is 23.6 Å². The third-order valence-corrected chi connectivity index (χ3v) is 11.2. The minimum atomic E-state index is -0.622. The van der Waals surface area contributed by atoms with E-state index >= 15 is 0 Å². The molecule has 0 aliphatic carbocycles. The van der Waals surface area contributed by atoms with E-state index < -0.39 is 11.8 Å². The molecule has 0 bridgehead atoms. The molecule has 57 heavy (non-hydrogen) atoms. The minimum absolute atomic E-state index is 0.0182. The monoisotopic (exact) mass is 766 g/mol. The fourth-order valence-corrected chi connectivity index (χ4v) is 8.46. The maximum atomic E-state index is 14.7. The molecule has 2 atom stereocenters. The average Bonchev–Trinajstić information content (AvgIpc) is 3.70. The molecule has 8 heteroatoms. The molecular weight excluding hydrogens is 713 g/mol. The topological polar surface area (TPSA) is 88.4 Å². The van der Waals surface area contributed by atoms with Crippen molar-refractivity contribution in [2.75, 3.05) is 13.2 Å². The van der Waals surface area contributed by atoms with Crippen molar-refractivity contribution in [2.45, 2.75) is 99.5 Å². The number of nitrogens with zero attached hydrogens (tertiary/aromatic N) is 2. The van der Waals surface area contributed by atoms with Gasteiger partial charge in [-0.3, -0.25) is 4.79 Å². The van der Waals surface area contributed by atoms with Gasteiger partial charge in [-0.15, -0.1) is 0 Å². The molecule has 1 aromatic heterocycles. The Morgan fingerprint density at radius 3 is 2.23 bits per heavy atom. The number of carbonyl (C=O) groups excluding carboxylic acids is 2. The van der Waals surface area contributed by atoms with Crippen LogP contribution in [0, 0.1) is 26.7 Å². The predicted molar refractivity (Wildman–Crippen MR) is 229 cm³/mol. The summed E-state index contributed by atoms with van der Waals surface area (Å²) < 4.78 is 20.1. The van der Waals surface area contributed by atoms with E-state index in [-0.39, 0.29) is 11.9 Å². The molecule has 0 saturated carbocycles. The largest absolute Gasteiger partial charge is 0.491 e. The summed E-state index contributed by atoms with van der Waals surface area (Å²) in [6.07, 6.45) is 4.38. The zero-order chi connectivity index (χ0) is 40.4. The maximum absolute atomic E-state index is 14.7. The first-order valence-corrected chi connectivity index (χ1v) is 20.3. The molecule has 1 aliphatic rings. The van der Waals surface area contributed by atoms with E-state index in [4.69, 9.17) is 19.0 Å². The van der Waals surface area contributed by atoms with Crippen LogP contribution in [0.3, 0.4) is 0 Å². The molecule has 6 aromatic rings. The number of hydrogen-bond acceptors (Lipinski definition) is 7. The molecule has 296 valence electrons. The normalized spacial score (nSPS) is 16.1. The Balaban J connectivity index is 1.38. The van der Waals surface area contributed by atoms with E-state index in [2.05, 4.69) is 79.0 Å². The predicted octanol–water partition coefficient (Wildman–Crippen LogP) is 11.2. The van der Waals surface area contributed by atoms with E-state index in [1.807, 2.05) is 64.1 Å². The molecule has 1 fully saturated rings. The van der Waals surface area contributed by atoms with Crippen LogP contribution in [0.5, 0.6) is 5.75 Å². The molecule has 2 unspecified atom stereocenters. The fraction of sp³-hybridized carbons (Fsp3) is 0.367. The highest BCUT2D eigenvalue weighted by atomic mass is 16.7. The van der Waals surface area contributed by atoms with Crippen molar-refractivity contribution in [3.8, 4) is 5.75 Å². The molecule has 1 aliphatic heterocycles. The van der Waals surface area contributed by atoms with Crippen LogP contribution in [0.1, 0.15) is 104 Å². The summed E-state index contributed by atoms with van der Waals surface area (Å²) >= 11 is 0. The molecule has 0 N–H and O–H groups in total. The first kappa shape index (κ1) is 39.9. The Morgan fingerprint density at radius 1 is 0.877 bits per heavy atom. The van der Waals surface area contributed by atoms with Crippen LogP contribution in [-0.2, 0) is 25.7 Å². The summed E-state index contributed by atoms with van der Waals surface area (Å²) in [7, 11) is 0. The number of aryl methyl sites for hydroxylation is 3. The van der Waals surface area contributed by atoms with Crippen molar-refractivity contribution in [1.29, 1.82) is 0 Å². The summed E-state index contributed by atoms with van der Waals surface area (Å²) in [5.74, 6) is 0.0470. The number of ketones is 1. The first-order valence-electron chi connectivity index (χ1n) is 20.3. The van der Waals surface area contributed by atoms with Crippen LogP contribution >= 0.6 is 0 Å². The number of benzene rings is 5. The third kappa shape index (κ3) is 8.39. The van der Waals surface area contributed by atoms with E-state index in [0.717, 1.165) is 91.8 Å². The van der Waals surface area contributed by atoms with Gasteiger partial charge in [-0.05, 0) is 106 Å². The van der Waals surface area contributed by atoms with E-state index in [0.29, 0.717) is 36.2 Å². The molecule has 8 nitrogen and oxygen atoms in total. The molecule has 0 spiro atoms. The smallest absolute Gasteiger partial charge is 0.332 e. The Morgan fingerprint density at radius 2 is 1.58 bits per heavy atom. The van der Waals surface area contributed by atoms with Gasteiger partial charge in [-0.25, -0.2) is 4.79 Å². The summed E-state index contributed by atoms with van der Waals surface area (Å²) in [5.41, 5.74) is 8.74. The molecule has 2 heterocycles. The molecular formula is C49H54N2O6. The highest BCUT2D eigenvalue weighted by molar-refractivity contribution is 6.27. The van der Waals surface area contributed by atoms with Crippen LogP contribution < -0.4 is 4.74 Å². The van der Waals surface area contributed by atoms with Crippen LogP contribution in [0.25, 0.3) is 32.6 Å². The summed E-state index contributed by atoms with van der Waals surface area (Å²) in [6, 6.07) is 28.5. The van der Waals surface area contributed by atoms with E-state index in [9.17, 15) is 9.59 Å². The van der Waals surface area contributed by atoms with Crippen molar-refractivity contribution in [3.05, 3.63) is 124 Å². The zero-order valence-electron chi connectivity index (χ0n) is 34.5. The lowest BCUT2D eigenvalue weighted by Gasteiger charge is -2.19. The minimum Gasteiger partial charge on any atom is -0.491 e. The highest BCUT2D eigenvalue weighted by Gasteiger charge is 2.33. The number of hydrogen-bond donors (Lipinski definition) is 0. The highest BCUT2D eigenvalue weighted by Crippen LogP contribution is 2.39. The van der Waals surface area contributed by atoms with Gasteiger partial charge >= 0.3 is 5.97 Å². The number of oxime groups is 1. The van der Waals surface area contributed by atoms with Crippen LogP contribution in [0.2, 0.25) is 0 Å². The van der Waals surface area contributed by atoms with Crippen molar-refractivity contribution in [3.63, 3.8) is 0 Å². The average molecular weight is 767 g/mol. The molecule has 7 rings (SSSR count). The number of carbonyl (C=O) groups is 2. The van der Waals surface area contributed by atoms with Crippen LogP contribution in [0.4, 0.5) is 0 Å². The maximum Gasteiger partial charge on any atom is 0.332 e. The van der Waals surface area contributed by atoms with Gasteiger partial charge in [0.2, 0.25) is 0 Å². The third-order valence-electron chi connectivity index (χ3n) is 11.2. The molecule has 0 radical (unpaired) electrons. The Labute approximate surface area is 335 Å². The Bertz CT molecular complexity index is 2470. The fourth-order valence-electron chi connectivity index (χ4n) is 8.46. The van der Waals surface area contributed by atoms with Gasteiger partial charge in [-0.1, -0.05) is 86.3 Å². The summed E-state index contributed by atoms with van der Waals surface area (Å²) in [4.78, 5) is 32.2. The molecule has 1 saturated heterocycles. The van der Waals surface area contributed by atoms with Crippen molar-refractivity contribution in [1.82, 2.24) is 4.57 Å². The first-order chi connectivity index (χ1) is 27.4. The van der Waals surface area contributed by atoms with E-state index in [1.165, 1.54) is 13.3 Å². The van der Waals surface area contributed by atoms with Gasteiger partial charge in [0.25, 0.3) is 0 Å². The Kier molecular flexibility index (Phi) is 11.7. The number of fused-ring (bicyclic) bond motifs is 5. The van der Waals surface area contributed by atoms with Crippen molar-refractivity contribution < 1.29 is 28.6 Å². The van der Waals surface area contributed by atoms with Crippen LogP contribution in [-0.4, -0.2) is 47.1 Å². The summed E-state index contributed by atoms with van der Waals surface area (Å²) in [6.45, 7) is 17.4. The summed E-state index contributed by atoms with van der Waals surface area (Å²) in [5, 5.41) is 8.39. The Hall–Kier alpha value is -5.31. The lowest BCUT2D eigenvalue weighted by atomic mass is 9.89. The number of rotatable bonds is 14. The lowest BCUT2D eigenvalue weighted by molar-refractivity contribution is -0.141. The molecule has 5 aromatic carbocycles. The second-order valence-corrected chi connectivity index (χ2v) is 16.0. The van der Waals surface area contributed by atoms with Gasteiger partial charge in [0.1, 0.15) is 24.2 Å². The van der Waals surface area contributed by atoms with Crippen LogP contribution in [0.15, 0.2) is 90.1 Å². The number of ether oxygens (including phenoxy) is 3. The quantitative estimate of drug-likeness (QED) is 0.0475.